The molecule has 60 heavy (non-hydrogen) atoms. The number of fused-ring (bicyclic) bond motifs is 2. The topological polar surface area (TPSA) is 110 Å². The molecule has 4 heterocycles. The molecule has 4 aromatic rings. The highest BCUT2D eigenvalue weighted by molar-refractivity contribution is 8.93. The molecule has 326 valence electrons. The van der Waals surface area contributed by atoms with Gasteiger partial charge in [-0.05, 0) is 110 Å². The fraction of sp³-hybridized carbons (Fsp3) is 0.479. The van der Waals surface area contributed by atoms with Gasteiger partial charge in [-0.1, -0.05) is 50.3 Å². The Kier molecular flexibility index (Phi) is 16.6. The van der Waals surface area contributed by atoms with Gasteiger partial charge in [0.25, 0.3) is 0 Å². The number of aromatic hydroxyl groups is 1. The van der Waals surface area contributed by atoms with Crippen molar-refractivity contribution in [2.45, 2.75) is 95.6 Å². The number of carboxylic acids is 1. The van der Waals surface area contributed by atoms with Crippen LogP contribution in [-0.2, 0) is 30.5 Å². The van der Waals surface area contributed by atoms with Gasteiger partial charge in [0.1, 0.15) is 11.8 Å². The summed E-state index contributed by atoms with van der Waals surface area (Å²) in [5.41, 5.74) is 6.82. The van der Waals surface area contributed by atoms with Crippen LogP contribution in [0, 0.1) is 0 Å². The van der Waals surface area contributed by atoms with Crippen molar-refractivity contribution in [3.63, 3.8) is 0 Å². The first-order valence-corrected chi connectivity index (χ1v) is 21.1. The number of nitrogens with zero attached hydrogens (tertiary/aromatic N) is 2. The lowest BCUT2D eigenvalue weighted by atomic mass is 9.85. The second kappa shape index (κ2) is 21.2. The summed E-state index contributed by atoms with van der Waals surface area (Å²) in [5, 5.41) is 22.6. The summed E-state index contributed by atoms with van der Waals surface area (Å²) in [5.74, 6) is 3.09. The third kappa shape index (κ3) is 10.5. The molecule has 0 saturated carbocycles. The number of methoxy groups -OCH3 is 3. The molecule has 0 spiro atoms. The molecular formula is C48H62Br2N2O8. The number of hydrogen-bond acceptors (Lipinski definition) is 9. The summed E-state index contributed by atoms with van der Waals surface area (Å²) in [4.78, 5) is 13.1. The summed E-state index contributed by atoms with van der Waals surface area (Å²) in [6, 6.07) is 20.9. The third-order valence-electron chi connectivity index (χ3n) is 12.8. The molecule has 0 radical (unpaired) electrons. The second-order valence-corrected chi connectivity index (χ2v) is 16.7. The quantitative estimate of drug-likeness (QED) is 0.0977. The molecule has 4 aliphatic rings. The van der Waals surface area contributed by atoms with Crippen molar-refractivity contribution < 1.29 is 43.2 Å². The van der Waals surface area contributed by atoms with Crippen molar-refractivity contribution in [2.24, 2.45) is 0 Å². The number of rotatable bonds is 14. The summed E-state index contributed by atoms with van der Waals surface area (Å²) in [6.45, 7) is 2.90. The minimum Gasteiger partial charge on any atom is -0.550 e. The minimum atomic E-state index is -0.951. The van der Waals surface area contributed by atoms with Crippen LogP contribution in [0.25, 0.3) is 0 Å². The van der Waals surface area contributed by atoms with Gasteiger partial charge in [0.05, 0.1) is 41.5 Å². The van der Waals surface area contributed by atoms with E-state index in [0.717, 1.165) is 97.9 Å². The Hall–Kier alpha value is -3.97. The number of hydrogen-bond donors (Lipinski definition) is 1. The lowest BCUT2D eigenvalue weighted by molar-refractivity contribution is -0.941. The zero-order chi connectivity index (χ0) is 40.8. The van der Waals surface area contributed by atoms with Crippen LogP contribution in [-0.4, -0.2) is 75.5 Å². The van der Waals surface area contributed by atoms with Crippen molar-refractivity contribution >= 4 is 39.9 Å². The minimum absolute atomic E-state index is 0. The number of likely N-dealkylation sites (N-methyl/N-ethyl adjacent to an activating group) is 2. The van der Waals surface area contributed by atoms with E-state index in [4.69, 9.17) is 23.7 Å². The Bertz CT molecular complexity index is 2080. The first-order valence-electron chi connectivity index (χ1n) is 21.1. The van der Waals surface area contributed by atoms with Crippen LogP contribution in [0.1, 0.15) is 103 Å². The van der Waals surface area contributed by atoms with E-state index in [9.17, 15) is 15.0 Å². The zero-order valence-corrected chi connectivity index (χ0v) is 39.2. The number of quaternary nitrogens is 1. The van der Waals surface area contributed by atoms with Crippen molar-refractivity contribution in [3.05, 3.63) is 94.0 Å². The van der Waals surface area contributed by atoms with Gasteiger partial charge in [0.2, 0.25) is 5.75 Å². The number of ether oxygens (including phenoxy) is 5. The molecule has 0 aliphatic carbocycles. The van der Waals surface area contributed by atoms with E-state index in [1.54, 1.807) is 21.3 Å². The fourth-order valence-corrected chi connectivity index (χ4v) is 9.41. The average Bonchev–Trinajstić information content (AvgIpc) is 3.22. The molecule has 0 amide bonds. The van der Waals surface area contributed by atoms with Gasteiger partial charge in [-0.25, -0.2) is 0 Å². The Morgan fingerprint density at radius 1 is 0.767 bits per heavy atom. The summed E-state index contributed by atoms with van der Waals surface area (Å²) in [7, 11) is 9.46. The molecule has 6 bridgehead atoms. The van der Waals surface area contributed by atoms with E-state index < -0.39 is 5.97 Å². The average molecular weight is 955 g/mol. The van der Waals surface area contributed by atoms with E-state index in [-0.39, 0.29) is 58.2 Å². The van der Waals surface area contributed by atoms with E-state index in [0.29, 0.717) is 47.3 Å². The van der Waals surface area contributed by atoms with Gasteiger partial charge in [-0.2, -0.15) is 0 Å². The Morgan fingerprint density at radius 3 is 2.08 bits per heavy atom. The van der Waals surface area contributed by atoms with E-state index in [1.165, 1.54) is 29.5 Å². The Balaban J connectivity index is 0.00000341. The van der Waals surface area contributed by atoms with E-state index in [1.807, 2.05) is 12.1 Å². The normalized spacial score (nSPS) is 19.2. The Morgan fingerprint density at radius 2 is 1.40 bits per heavy atom. The zero-order valence-electron chi connectivity index (χ0n) is 35.8. The molecule has 0 fully saturated rings. The Labute approximate surface area is 376 Å². The number of phenols is 1. The van der Waals surface area contributed by atoms with Crippen molar-refractivity contribution in [2.75, 3.05) is 55.1 Å². The number of benzene rings is 4. The lowest BCUT2D eigenvalue weighted by Crippen LogP contribution is -2.52. The number of aliphatic carboxylic acids is 1. The summed E-state index contributed by atoms with van der Waals surface area (Å²) in [6.07, 6.45) is 11.8. The SMILES string of the molecule is Br.Br.COc1ccc2cc1Oc1ccc(cc1)CC1c3cc(c(OC)cc3CC[N+]1(C)CCCCCCCCCCC(=O)[O-])Oc1c(O)c(OC)cc3c1C(C2)N(C)CC3. The van der Waals surface area contributed by atoms with Crippen LogP contribution in [0.5, 0.6) is 46.0 Å². The number of carbonyl (C=O) groups is 1. The maximum Gasteiger partial charge on any atom is 0.201 e. The monoisotopic (exact) mass is 952 g/mol. The van der Waals surface area contributed by atoms with Crippen LogP contribution >= 0.6 is 34.0 Å². The highest BCUT2D eigenvalue weighted by Gasteiger charge is 2.40. The first-order chi connectivity index (χ1) is 28.1. The molecule has 1 N–H and O–H groups in total. The summed E-state index contributed by atoms with van der Waals surface area (Å²) < 4.78 is 32.0. The van der Waals surface area contributed by atoms with E-state index in [2.05, 4.69) is 67.5 Å². The fourth-order valence-electron chi connectivity index (χ4n) is 9.41. The van der Waals surface area contributed by atoms with Crippen LogP contribution < -0.4 is 28.8 Å². The van der Waals surface area contributed by atoms with Gasteiger partial charge in [-0.15, -0.1) is 34.0 Å². The predicted molar refractivity (Wildman–Crippen MR) is 243 cm³/mol. The smallest absolute Gasteiger partial charge is 0.201 e. The lowest BCUT2D eigenvalue weighted by Gasteiger charge is -2.46. The number of unbranched alkanes of at least 4 members (excludes halogenated alkanes) is 7. The maximum absolute atomic E-state index is 11.9. The molecular weight excluding hydrogens is 892 g/mol. The third-order valence-corrected chi connectivity index (χ3v) is 12.8. The van der Waals surface area contributed by atoms with Gasteiger partial charge in [-0.3, -0.25) is 4.90 Å². The van der Waals surface area contributed by atoms with Crippen LogP contribution in [0.15, 0.2) is 60.7 Å². The highest BCUT2D eigenvalue weighted by Crippen LogP contribution is 2.52. The van der Waals surface area contributed by atoms with Gasteiger partial charge >= 0.3 is 0 Å². The van der Waals surface area contributed by atoms with Crippen molar-refractivity contribution in [3.8, 4) is 46.0 Å². The molecule has 8 rings (SSSR count). The largest absolute Gasteiger partial charge is 0.550 e. The van der Waals surface area contributed by atoms with Crippen LogP contribution in [0.2, 0.25) is 0 Å². The number of halogens is 2. The number of carboxylic acid groups (broad SMARTS) is 1. The molecule has 12 heteroatoms. The molecule has 4 aliphatic heterocycles. The molecule has 4 aromatic carbocycles. The van der Waals surface area contributed by atoms with Gasteiger partial charge in [0, 0.05) is 42.5 Å². The van der Waals surface area contributed by atoms with Crippen molar-refractivity contribution in [1.82, 2.24) is 4.90 Å². The molecule has 0 aromatic heterocycles. The van der Waals surface area contributed by atoms with Gasteiger partial charge in [0.15, 0.2) is 34.5 Å². The van der Waals surface area contributed by atoms with Crippen molar-refractivity contribution in [1.29, 1.82) is 0 Å². The second-order valence-electron chi connectivity index (χ2n) is 16.7. The van der Waals surface area contributed by atoms with E-state index >= 15 is 0 Å². The summed E-state index contributed by atoms with van der Waals surface area (Å²) >= 11 is 0. The number of carbonyl (C=O) groups excluding carboxylic acids is 1. The molecule has 0 saturated heterocycles. The standard InChI is InChI=1S/C48H60N2O8.2BrH/c1-49-23-21-35-30-44(56-5)47(53)48-46(35)38(49)26-33-17-20-40(54-3)42(28-33)57-36-18-15-32(16-19-36)27-39-37-31-43(58-48)41(55-4)29-34(37)22-25-50(39,2)24-13-11-9-7-6-8-10-12-14-45(51)52;;/h15-20,28-31,38-39H,6-14,21-27H2,1-5H3,(H-,51,52,53);2*1H. The van der Waals surface area contributed by atoms with Crippen LogP contribution in [0.3, 0.4) is 0 Å². The predicted octanol–water partition coefficient (Wildman–Crippen LogP) is 9.79. The molecule has 10 nitrogen and oxygen atoms in total. The van der Waals surface area contributed by atoms with Gasteiger partial charge < -0.3 is 43.2 Å². The van der Waals surface area contributed by atoms with Crippen LogP contribution in [0.4, 0.5) is 0 Å². The maximum atomic E-state index is 11.9. The first kappa shape index (κ1) is 47.1. The number of phenolic OH excluding ortho intramolecular Hbond substituents is 1. The molecule has 3 unspecified atom stereocenters. The highest BCUT2D eigenvalue weighted by atomic mass is 79.9. The molecule has 3 atom stereocenters.